The Bertz CT molecular complexity index is 2920. The molecular weight excluding hydrogens is 1110 g/mol. The summed E-state index contributed by atoms with van der Waals surface area (Å²) >= 11 is -3.74. The van der Waals surface area contributed by atoms with Crippen molar-refractivity contribution in [1.82, 2.24) is 0 Å². The number of benzene rings is 5. The van der Waals surface area contributed by atoms with Gasteiger partial charge in [-0.3, -0.25) is 0 Å². The smallest absolute Gasteiger partial charge is 0.478 e. The van der Waals surface area contributed by atoms with Gasteiger partial charge in [-0.2, -0.15) is 20.4 Å². The monoisotopic (exact) mass is 1200 g/mol. The van der Waals surface area contributed by atoms with Gasteiger partial charge in [-0.15, -0.1) is 0 Å². The first-order chi connectivity index (χ1) is 38.3. The number of halogens is 1. The molecule has 442 valence electrons. The van der Waals surface area contributed by atoms with Crippen molar-refractivity contribution in [2.45, 2.75) is 154 Å². The molecule has 0 aromatic heterocycles. The van der Waals surface area contributed by atoms with E-state index in [0.717, 1.165) is 64.0 Å². The minimum Gasteiger partial charge on any atom is -0.478 e. The Morgan fingerprint density at radius 2 is 0.747 bits per heavy atom. The largest absolute Gasteiger partial charge is 0.651 e. The molecule has 8 aliphatic heterocycles. The Morgan fingerprint density at radius 1 is 0.422 bits per heavy atom. The molecule has 12 atom stereocenters. The van der Waals surface area contributed by atoms with E-state index in [0.29, 0.717) is 0 Å². The fourth-order valence-corrected chi connectivity index (χ4v) is 16.4. The van der Waals surface area contributed by atoms with Crippen LogP contribution in [-0.2, 0) is 36.7 Å². The maximum Gasteiger partial charge on any atom is 0.651 e. The Balaban J connectivity index is 0.000000176. The van der Waals surface area contributed by atoms with Crippen molar-refractivity contribution in [2.75, 3.05) is 20.0 Å². The number of fused-ring (bicyclic) bond motifs is 4. The van der Waals surface area contributed by atoms with Gasteiger partial charge < -0.3 is 30.3 Å². The van der Waals surface area contributed by atoms with E-state index < -0.39 is 63.5 Å². The third-order valence-corrected chi connectivity index (χ3v) is 19.8. The van der Waals surface area contributed by atoms with Crippen LogP contribution in [0.5, 0.6) is 0 Å². The van der Waals surface area contributed by atoms with E-state index in [4.69, 9.17) is 40.5 Å². The summed E-state index contributed by atoms with van der Waals surface area (Å²) in [6, 6.07) is 47.3. The second-order valence-electron chi connectivity index (χ2n) is 22.0. The maximum atomic E-state index is 13.1. The van der Waals surface area contributed by atoms with Crippen LogP contribution in [0.25, 0.3) is 0 Å². The van der Waals surface area contributed by atoms with Crippen LogP contribution in [-0.4, -0.2) is 136 Å². The molecule has 0 radical (unpaired) electrons. The molecule has 0 bridgehead atoms. The number of hydrogen-bond acceptors (Lipinski definition) is 16. The number of rotatable bonds is 7. The van der Waals surface area contributed by atoms with Crippen LogP contribution in [0.2, 0.25) is 0 Å². The van der Waals surface area contributed by atoms with Crippen molar-refractivity contribution in [3.05, 3.63) is 157 Å². The van der Waals surface area contributed by atoms with Gasteiger partial charge in [0.2, 0.25) is 0 Å². The first kappa shape index (κ1) is 67.8. The molecule has 13 rings (SSSR count). The molecule has 21 heteroatoms. The Kier molecular flexibility index (Phi) is 25.2. The van der Waals surface area contributed by atoms with Crippen LogP contribution in [0.3, 0.4) is 0 Å². The van der Waals surface area contributed by atoms with Crippen LogP contribution in [0, 0.1) is 34.9 Å². The van der Waals surface area contributed by atoms with Crippen molar-refractivity contribution in [1.29, 1.82) is 0 Å². The molecule has 0 N–H and O–H groups in total. The summed E-state index contributed by atoms with van der Waals surface area (Å²) in [5.74, 6) is 0.633. The fraction of sp³-hybridized carbons (Fsp3) is 0.452. The van der Waals surface area contributed by atoms with E-state index in [1.807, 2.05) is 124 Å². The molecule has 83 heavy (non-hydrogen) atoms. The zero-order valence-electron chi connectivity index (χ0n) is 46.7. The van der Waals surface area contributed by atoms with E-state index in [1.54, 1.807) is 0 Å². The van der Waals surface area contributed by atoms with E-state index >= 15 is 0 Å². The van der Waals surface area contributed by atoms with E-state index in [1.165, 1.54) is 12.1 Å². The Morgan fingerprint density at radius 3 is 1.14 bits per heavy atom. The predicted molar refractivity (Wildman–Crippen MR) is 342 cm³/mol. The summed E-state index contributed by atoms with van der Waals surface area (Å²) in [6.45, 7) is 19.2. The second-order valence-corrected chi connectivity index (χ2v) is 25.6. The Hall–Kier alpha value is -4.28. The summed E-state index contributed by atoms with van der Waals surface area (Å²) in [7, 11) is 0. The lowest BCUT2D eigenvalue weighted by Gasteiger charge is -2.43. The van der Waals surface area contributed by atoms with Gasteiger partial charge in [-0.05, 0) is 119 Å². The lowest BCUT2D eigenvalue weighted by molar-refractivity contribution is -0.0429. The topological polar surface area (TPSA) is 136 Å². The molecule has 0 spiro atoms. The first-order valence-corrected chi connectivity index (χ1v) is 32.2. The van der Waals surface area contributed by atoms with Crippen LogP contribution in [0.15, 0.2) is 166 Å². The number of para-hydroxylation sites is 4. The van der Waals surface area contributed by atoms with Gasteiger partial charge in [0.1, 0.15) is 30.7 Å². The quantitative estimate of drug-likeness (QED) is 0.144. The fourth-order valence-electron chi connectivity index (χ4n) is 11.7. The molecule has 4 saturated heterocycles. The minimum absolute atomic E-state index is 0. The van der Waals surface area contributed by atoms with Crippen molar-refractivity contribution in [3.63, 3.8) is 0 Å². The molecule has 5 aromatic rings. The molecular formula is C62H87Al4FN8O8. The normalized spacial score (nSPS) is 27.8. The molecule has 12 unspecified atom stereocenters. The zero-order valence-corrected chi connectivity index (χ0v) is 52.4. The van der Waals surface area contributed by atoms with Crippen molar-refractivity contribution < 1.29 is 34.7 Å². The second kappa shape index (κ2) is 30.9. The third-order valence-electron chi connectivity index (χ3n) is 15.6. The standard InChI is InChI=1S/C18H17FN2O2.C15H20N2O2.C13H16N2O2.C12H14N2O2.4CH4.4Al.4H/c1-12-17(16(22)11-13-7-9-14(19)10-8-13)18(23)21(20-12)15-5-3-2-4-6-15;1-10-12(13(18)15(2,3)4)14(19)17(16-10)11-8-6-5-7-9-11;1-3-11(16)12-9(2)14-15(13(12)17)10-7-5-4-6-8-10;1-8-11(9(2)15)12(16)14(13-8)10-6-4-3-5-7-10;;;;;;;;;;;;/h2-10,16-18H,11H2,1H3;5-9,12-14H,1-4H3;4-8,11-13H,3H2,1-2H3;3-7,9,11-12H,1-2H3;4*1H4;;;;;;;;/q4*-2;;;;;4*+2;;;;. The summed E-state index contributed by atoms with van der Waals surface area (Å²) < 4.78 is 60.3. The SMILES string of the molecule is C.C.C.C.CC1=NN(c2ccccc2)C2[O][AlH][O]C(C(C)(C)C)C12.CC1=NN(c2ccccc2)C2[O][AlH][O]C(C)C12.CC1=NN(c2ccccc2)C2[O][AlH][O]C(Cc3ccc(F)cc3)C12.CCC1[O][AlH][O]C2C1C(C)=NN2c1ccccc1. The molecule has 0 aliphatic carbocycles. The summed E-state index contributed by atoms with van der Waals surface area (Å²) in [6.07, 6.45) is 2.45. The number of hydrazone groups is 4. The van der Waals surface area contributed by atoms with Crippen molar-refractivity contribution >= 4 is 109 Å². The number of hydrogen-bond donors (Lipinski definition) is 0. The van der Waals surface area contributed by atoms with Crippen molar-refractivity contribution in [2.24, 2.45) is 49.5 Å². The lowest BCUT2D eigenvalue weighted by Crippen LogP contribution is -2.53. The zero-order chi connectivity index (χ0) is 55.2. The molecule has 8 aliphatic rings. The number of nitrogens with zero attached hydrogens (tertiary/aromatic N) is 8. The van der Waals surface area contributed by atoms with E-state index in [9.17, 15) is 4.39 Å². The highest BCUT2D eigenvalue weighted by molar-refractivity contribution is 6.20. The van der Waals surface area contributed by atoms with Gasteiger partial charge in [0, 0.05) is 47.3 Å². The maximum absolute atomic E-state index is 13.1. The minimum atomic E-state index is -1.06. The molecule has 0 amide bonds. The molecule has 16 nitrogen and oxygen atoms in total. The molecule has 4 fully saturated rings. The summed E-state index contributed by atoms with van der Waals surface area (Å²) in [5, 5.41) is 26.7. The Labute approximate surface area is 520 Å². The van der Waals surface area contributed by atoms with Gasteiger partial charge in [0.15, 0.2) is 0 Å². The van der Waals surface area contributed by atoms with Gasteiger partial charge in [-0.1, -0.05) is 142 Å². The predicted octanol–water partition coefficient (Wildman–Crippen LogP) is 11.4. The van der Waals surface area contributed by atoms with E-state index in [2.05, 4.69) is 102 Å². The van der Waals surface area contributed by atoms with Crippen LogP contribution < -0.4 is 20.0 Å². The third kappa shape index (κ3) is 15.5. The highest BCUT2D eigenvalue weighted by Crippen LogP contribution is 2.41. The van der Waals surface area contributed by atoms with E-state index in [-0.39, 0.29) is 114 Å². The van der Waals surface area contributed by atoms with Crippen LogP contribution in [0.1, 0.15) is 104 Å². The highest BCUT2D eigenvalue weighted by Gasteiger charge is 2.50. The van der Waals surface area contributed by atoms with Crippen LogP contribution in [0.4, 0.5) is 27.1 Å². The first-order valence-electron chi connectivity index (χ1n) is 27.5. The average Bonchev–Trinajstić information content (AvgIpc) is 3.27. The molecule has 5 aromatic carbocycles. The summed E-state index contributed by atoms with van der Waals surface area (Å²) in [4.78, 5) is 0. The van der Waals surface area contributed by atoms with Gasteiger partial charge in [0.25, 0.3) is 0 Å². The lowest BCUT2D eigenvalue weighted by atomic mass is 9.79. The van der Waals surface area contributed by atoms with Gasteiger partial charge >= 0.3 is 63.5 Å². The van der Waals surface area contributed by atoms with Crippen LogP contribution >= 0.6 is 0 Å². The van der Waals surface area contributed by atoms with Gasteiger partial charge in [-0.25, -0.2) is 24.4 Å². The van der Waals surface area contributed by atoms with Gasteiger partial charge in [0.05, 0.1) is 46.4 Å². The average molecular weight is 1200 g/mol. The molecule has 0 saturated carbocycles. The van der Waals surface area contributed by atoms with Crippen molar-refractivity contribution in [3.8, 4) is 0 Å². The highest BCUT2D eigenvalue weighted by atomic mass is 27.2. The molecule has 8 heterocycles. The number of anilines is 4. The summed E-state index contributed by atoms with van der Waals surface area (Å²) in [5.41, 5.74) is 9.80.